The fraction of sp³-hybridized carbons (Fsp3) is 0.381. The third-order valence-electron chi connectivity index (χ3n) is 5.52. The summed E-state index contributed by atoms with van der Waals surface area (Å²) < 4.78 is 16.2. The molecule has 3 heterocycles. The number of Topliss-reactive ketones (excluding diaryl/α,β-unsaturated/α-hetero) is 1. The van der Waals surface area contributed by atoms with Gasteiger partial charge in [-0.1, -0.05) is 6.08 Å². The number of imide groups is 1. The van der Waals surface area contributed by atoms with Crippen molar-refractivity contribution in [3.05, 3.63) is 42.0 Å². The fourth-order valence-electron chi connectivity index (χ4n) is 4.32. The van der Waals surface area contributed by atoms with Crippen LogP contribution in [0.2, 0.25) is 0 Å². The fourth-order valence-corrected chi connectivity index (χ4v) is 4.32. The van der Waals surface area contributed by atoms with Gasteiger partial charge in [-0.25, -0.2) is 4.90 Å². The van der Waals surface area contributed by atoms with Crippen LogP contribution in [0.15, 0.2) is 36.4 Å². The number of hydrogen-bond donors (Lipinski definition) is 0. The van der Waals surface area contributed by atoms with E-state index < -0.39 is 53.6 Å². The van der Waals surface area contributed by atoms with E-state index in [1.807, 2.05) is 0 Å². The lowest BCUT2D eigenvalue weighted by Crippen LogP contribution is -2.52. The Kier molecular flexibility index (Phi) is 4.58. The second kappa shape index (κ2) is 6.88. The molecule has 2 fully saturated rings. The van der Waals surface area contributed by atoms with Crippen LogP contribution in [0, 0.1) is 11.8 Å². The number of fused-ring (bicyclic) bond motifs is 5. The number of amides is 2. The molecule has 0 aromatic heterocycles. The molecule has 9 heteroatoms. The maximum Gasteiger partial charge on any atom is 0.305 e. The summed E-state index contributed by atoms with van der Waals surface area (Å²) in [5.41, 5.74) is -0.826. The van der Waals surface area contributed by atoms with Crippen LogP contribution in [0.5, 0.6) is 0 Å². The van der Waals surface area contributed by atoms with Crippen molar-refractivity contribution < 1.29 is 38.2 Å². The van der Waals surface area contributed by atoms with Crippen molar-refractivity contribution in [3.8, 4) is 0 Å². The summed E-state index contributed by atoms with van der Waals surface area (Å²) in [5, 5.41) is 0. The lowest BCUT2D eigenvalue weighted by Gasteiger charge is -2.34. The number of hydrogen-bond acceptors (Lipinski definition) is 8. The zero-order chi connectivity index (χ0) is 21.8. The molecule has 2 saturated heterocycles. The number of ether oxygens (including phenoxy) is 3. The zero-order valence-electron chi connectivity index (χ0n) is 16.5. The third kappa shape index (κ3) is 2.85. The number of rotatable bonds is 5. The van der Waals surface area contributed by atoms with Crippen LogP contribution in [-0.2, 0) is 33.4 Å². The molecule has 2 amide bonds. The van der Waals surface area contributed by atoms with Gasteiger partial charge in [0.2, 0.25) is 11.8 Å². The molecule has 9 nitrogen and oxygen atoms in total. The van der Waals surface area contributed by atoms with E-state index in [4.69, 9.17) is 14.2 Å². The molecule has 0 spiro atoms. The first kappa shape index (κ1) is 20.0. The van der Waals surface area contributed by atoms with Crippen molar-refractivity contribution in [3.63, 3.8) is 0 Å². The standard InChI is InChI=1S/C21H19NO8/c1-10(23)13-4-6-14(7-5-13)22-18(26)16-15-8-9-21(30-15,17(16)19(22)27)20(28-11(2)24)29-12(3)25/h4-9,15-17,20H,1-3H3/t15-,16-,17+,21-/m0/s1. The second-order valence-electron chi connectivity index (χ2n) is 7.46. The zero-order valence-corrected chi connectivity index (χ0v) is 16.5. The quantitative estimate of drug-likeness (QED) is 0.232. The molecule has 3 aliphatic heterocycles. The maximum atomic E-state index is 13.3. The highest BCUT2D eigenvalue weighted by Gasteiger charge is 2.72. The molecule has 30 heavy (non-hydrogen) atoms. The molecule has 0 radical (unpaired) electrons. The van der Waals surface area contributed by atoms with E-state index >= 15 is 0 Å². The summed E-state index contributed by atoms with van der Waals surface area (Å²) in [6.45, 7) is 3.70. The summed E-state index contributed by atoms with van der Waals surface area (Å²) in [6, 6.07) is 6.11. The first-order chi connectivity index (χ1) is 14.2. The average Bonchev–Trinajstić information content (AvgIpc) is 3.32. The van der Waals surface area contributed by atoms with Gasteiger partial charge < -0.3 is 14.2 Å². The van der Waals surface area contributed by atoms with Crippen molar-refractivity contribution in [1.29, 1.82) is 0 Å². The molecule has 0 aliphatic carbocycles. The van der Waals surface area contributed by atoms with E-state index in [-0.39, 0.29) is 5.78 Å². The molecule has 0 saturated carbocycles. The number of ketones is 1. The minimum absolute atomic E-state index is 0.141. The predicted octanol–water partition coefficient (Wildman–Crippen LogP) is 1.15. The summed E-state index contributed by atoms with van der Waals surface area (Å²) in [7, 11) is 0. The Labute approximate surface area is 171 Å². The Morgan fingerprint density at radius 1 is 1.00 bits per heavy atom. The first-order valence-electron chi connectivity index (χ1n) is 9.36. The summed E-state index contributed by atoms with van der Waals surface area (Å²) in [4.78, 5) is 62.2. The molecule has 0 N–H and O–H groups in total. The van der Waals surface area contributed by atoms with Crippen LogP contribution in [0.25, 0.3) is 0 Å². The molecule has 1 aromatic rings. The van der Waals surface area contributed by atoms with Crippen LogP contribution >= 0.6 is 0 Å². The van der Waals surface area contributed by atoms with Crippen molar-refractivity contribution >= 4 is 35.2 Å². The van der Waals surface area contributed by atoms with E-state index in [1.165, 1.54) is 37.3 Å². The molecule has 156 valence electrons. The Balaban J connectivity index is 1.71. The summed E-state index contributed by atoms with van der Waals surface area (Å²) in [5.74, 6) is -4.50. The Bertz CT molecular complexity index is 981. The van der Waals surface area contributed by atoms with Crippen LogP contribution < -0.4 is 4.90 Å². The third-order valence-corrected chi connectivity index (χ3v) is 5.52. The minimum atomic E-state index is -1.59. The monoisotopic (exact) mass is 413 g/mol. The van der Waals surface area contributed by atoms with Gasteiger partial charge in [-0.3, -0.25) is 24.0 Å². The van der Waals surface area contributed by atoms with Crippen LogP contribution in [0.1, 0.15) is 31.1 Å². The van der Waals surface area contributed by atoms with Gasteiger partial charge >= 0.3 is 11.9 Å². The van der Waals surface area contributed by atoms with Gasteiger partial charge in [0, 0.05) is 19.4 Å². The number of carbonyl (C=O) groups is 5. The highest BCUT2D eigenvalue weighted by atomic mass is 16.7. The minimum Gasteiger partial charge on any atom is -0.422 e. The van der Waals surface area contributed by atoms with Gasteiger partial charge in [-0.15, -0.1) is 0 Å². The van der Waals surface area contributed by atoms with E-state index in [0.29, 0.717) is 11.3 Å². The predicted molar refractivity (Wildman–Crippen MR) is 100.0 cm³/mol. The Morgan fingerprint density at radius 2 is 1.60 bits per heavy atom. The highest BCUT2D eigenvalue weighted by Crippen LogP contribution is 2.54. The van der Waals surface area contributed by atoms with Gasteiger partial charge in [-0.2, -0.15) is 0 Å². The Morgan fingerprint density at radius 3 is 2.13 bits per heavy atom. The van der Waals surface area contributed by atoms with Gasteiger partial charge in [0.15, 0.2) is 11.4 Å². The smallest absolute Gasteiger partial charge is 0.305 e. The van der Waals surface area contributed by atoms with Crippen molar-refractivity contribution in [1.82, 2.24) is 0 Å². The van der Waals surface area contributed by atoms with Crippen molar-refractivity contribution in [2.24, 2.45) is 11.8 Å². The van der Waals surface area contributed by atoms with Crippen LogP contribution in [0.3, 0.4) is 0 Å². The average molecular weight is 413 g/mol. The van der Waals surface area contributed by atoms with Gasteiger partial charge in [0.05, 0.1) is 23.6 Å². The van der Waals surface area contributed by atoms with Gasteiger partial charge in [-0.05, 0) is 37.3 Å². The number of esters is 2. The molecular formula is C21H19NO8. The number of carbonyl (C=O) groups excluding carboxylic acids is 5. The molecule has 2 bridgehead atoms. The summed E-state index contributed by atoms with van der Waals surface area (Å²) in [6.07, 6.45) is 0.888. The van der Waals surface area contributed by atoms with Gasteiger partial charge in [0.25, 0.3) is 6.29 Å². The van der Waals surface area contributed by atoms with E-state index in [2.05, 4.69) is 0 Å². The maximum absolute atomic E-state index is 13.3. The van der Waals surface area contributed by atoms with Crippen molar-refractivity contribution in [2.45, 2.75) is 38.8 Å². The summed E-state index contributed by atoms with van der Waals surface area (Å²) >= 11 is 0. The lowest BCUT2D eigenvalue weighted by atomic mass is 9.76. The van der Waals surface area contributed by atoms with E-state index in [1.54, 1.807) is 6.08 Å². The number of anilines is 1. The molecule has 4 atom stereocenters. The largest absolute Gasteiger partial charge is 0.422 e. The van der Waals surface area contributed by atoms with Gasteiger partial charge in [0.1, 0.15) is 0 Å². The topological polar surface area (TPSA) is 116 Å². The molecule has 0 unspecified atom stereocenters. The SMILES string of the molecule is CC(=O)OC(OC(C)=O)[C@@]12C=C[C@H](O1)[C@@H]1C(=O)N(c3ccc(C(C)=O)cc3)C(=O)[C@@H]12. The number of benzene rings is 1. The number of nitrogens with zero attached hydrogens (tertiary/aromatic N) is 1. The lowest BCUT2D eigenvalue weighted by molar-refractivity contribution is -0.226. The molecule has 1 aromatic carbocycles. The van der Waals surface area contributed by atoms with Crippen molar-refractivity contribution in [2.75, 3.05) is 4.90 Å². The van der Waals surface area contributed by atoms with Crippen LogP contribution in [0.4, 0.5) is 5.69 Å². The van der Waals surface area contributed by atoms with E-state index in [0.717, 1.165) is 18.7 Å². The first-order valence-corrected chi connectivity index (χ1v) is 9.36. The second-order valence-corrected chi connectivity index (χ2v) is 7.46. The molecular weight excluding hydrogens is 394 g/mol. The molecule has 3 aliphatic rings. The highest BCUT2D eigenvalue weighted by molar-refractivity contribution is 6.23. The molecule has 4 rings (SSSR count). The van der Waals surface area contributed by atoms with Crippen LogP contribution in [-0.4, -0.2) is 47.5 Å². The Hall–Kier alpha value is -3.33. The van der Waals surface area contributed by atoms with E-state index in [9.17, 15) is 24.0 Å². The normalized spacial score (nSPS) is 28.8.